The van der Waals surface area contributed by atoms with E-state index in [1.807, 2.05) is 19.9 Å². The van der Waals surface area contributed by atoms with E-state index in [1.54, 1.807) is 17.0 Å². The minimum atomic E-state index is -5.82. The maximum Gasteiger partial charge on any atom is 0.483 e. The van der Waals surface area contributed by atoms with Crippen molar-refractivity contribution < 1.29 is 61.8 Å². The van der Waals surface area contributed by atoms with Gasteiger partial charge in [0.2, 0.25) is 5.95 Å². The molecule has 4 heterocycles. The third-order valence-corrected chi connectivity index (χ3v) is 9.71. The number of pyridine rings is 1. The van der Waals surface area contributed by atoms with Crippen molar-refractivity contribution in [1.82, 2.24) is 15.0 Å². The van der Waals surface area contributed by atoms with Crippen molar-refractivity contribution in [3.8, 4) is 12.1 Å². The summed E-state index contributed by atoms with van der Waals surface area (Å²) >= 11 is 0. The first kappa shape index (κ1) is 44.4. The third-order valence-electron chi connectivity index (χ3n) is 8.69. The van der Waals surface area contributed by atoms with Crippen LogP contribution in [-0.4, -0.2) is 77.2 Å². The van der Waals surface area contributed by atoms with Crippen LogP contribution in [0.1, 0.15) is 70.1 Å². The normalized spacial score (nSPS) is 13.4. The van der Waals surface area contributed by atoms with Gasteiger partial charge in [-0.15, -0.1) is 15.3 Å². The smallest absolute Gasteiger partial charge is 0.483 e. The molecule has 0 bridgehead atoms. The van der Waals surface area contributed by atoms with Crippen molar-refractivity contribution in [2.45, 2.75) is 45.0 Å². The molecule has 6 rings (SSSR count). The molecule has 306 valence electrons. The number of halogens is 3. The summed E-state index contributed by atoms with van der Waals surface area (Å²) in [4.78, 5) is 37.1. The minimum Gasteiger partial charge on any atom is -0.568 e. The average Bonchev–Trinajstić information content (AvgIpc) is 3.59. The van der Waals surface area contributed by atoms with E-state index in [4.69, 9.17) is 15.6 Å². The van der Waals surface area contributed by atoms with Gasteiger partial charge in [0.1, 0.15) is 17.8 Å². The molecular formula is C35H32F3N12O6PdS-. The molecule has 18 nitrogen and oxygen atoms in total. The summed E-state index contributed by atoms with van der Waals surface area (Å²) in [7, 11) is -5.82. The summed E-state index contributed by atoms with van der Waals surface area (Å²) in [6, 6.07) is 13.3. The van der Waals surface area contributed by atoms with E-state index >= 15 is 0 Å². The van der Waals surface area contributed by atoms with Gasteiger partial charge in [-0.3, -0.25) is 0 Å². The van der Waals surface area contributed by atoms with E-state index in [0.29, 0.717) is 25.2 Å². The molecule has 2 aliphatic heterocycles. The minimum absolute atomic E-state index is 0. The molecule has 2 aromatic carbocycles. The van der Waals surface area contributed by atoms with E-state index in [9.17, 15) is 36.3 Å². The molecule has 2 aromatic heterocycles. The zero-order valence-electron chi connectivity index (χ0n) is 30.5. The molecule has 0 aliphatic carbocycles. The third kappa shape index (κ3) is 9.99. The predicted octanol–water partition coefficient (Wildman–Crippen LogP) is 7.86. The van der Waals surface area contributed by atoms with Crippen LogP contribution in [0.5, 0.6) is 0 Å². The number of benzene rings is 2. The second-order valence-electron chi connectivity index (χ2n) is 12.2. The van der Waals surface area contributed by atoms with Crippen LogP contribution in [0.2, 0.25) is 0 Å². The number of aromatic nitrogens is 3. The van der Waals surface area contributed by atoms with E-state index in [1.165, 1.54) is 30.3 Å². The van der Waals surface area contributed by atoms with E-state index in [2.05, 4.69) is 45.0 Å². The topological polar surface area (TPSA) is 268 Å². The van der Waals surface area contributed by atoms with Crippen LogP contribution < -0.4 is 9.80 Å². The number of alkyl halides is 3. The summed E-state index contributed by atoms with van der Waals surface area (Å²) in [5.41, 5.74) is -2.96. The van der Waals surface area contributed by atoms with Crippen molar-refractivity contribution >= 4 is 62.2 Å². The summed E-state index contributed by atoms with van der Waals surface area (Å²) < 4.78 is 64.4. The van der Waals surface area contributed by atoms with Gasteiger partial charge in [-0.2, -0.15) is 33.8 Å². The number of rotatable bonds is 11. The Morgan fingerprint density at radius 1 is 0.948 bits per heavy atom. The van der Waals surface area contributed by atoms with Crippen LogP contribution in [0, 0.1) is 22.7 Å². The average molecular weight is 912 g/mol. The first-order chi connectivity index (χ1) is 27.1. The van der Waals surface area contributed by atoms with E-state index in [0.717, 1.165) is 55.2 Å². The van der Waals surface area contributed by atoms with Gasteiger partial charge in [-0.05, 0) is 81.0 Å². The van der Waals surface area contributed by atoms with Gasteiger partial charge < -0.3 is 29.7 Å². The molecule has 2 aliphatic rings. The Hall–Kier alpha value is -6.28. The van der Waals surface area contributed by atoms with Gasteiger partial charge in [0.25, 0.3) is 0 Å². The summed E-state index contributed by atoms with van der Waals surface area (Å²) in [5.74, 6) is -2.48. The maximum absolute atomic E-state index is 12.8. The zero-order chi connectivity index (χ0) is 41.5. The summed E-state index contributed by atoms with van der Waals surface area (Å²) in [5, 5.41) is 52.1. The van der Waals surface area contributed by atoms with Gasteiger partial charge in [-0.25, -0.2) is 23.0 Å². The van der Waals surface area contributed by atoms with Crippen LogP contribution in [-0.2, 0) is 43.3 Å². The van der Waals surface area contributed by atoms with Crippen LogP contribution in [0.3, 0.4) is 0 Å². The summed E-state index contributed by atoms with van der Waals surface area (Å²) in [6.07, 6.45) is 3.49. The molecular weight excluding hydrogens is 880 g/mol. The van der Waals surface area contributed by atoms with Gasteiger partial charge in [-0.1, -0.05) is 17.8 Å². The molecule has 0 unspecified atom stereocenters. The Morgan fingerprint density at radius 3 is 2.24 bits per heavy atom. The zero-order valence-corrected chi connectivity index (χ0v) is 32.9. The number of nitrogens with one attached hydrogen (secondary N) is 1. The number of aromatic carboxylic acids is 2. The molecule has 0 amide bonds. The Morgan fingerprint density at radius 2 is 1.64 bits per heavy atom. The summed E-state index contributed by atoms with van der Waals surface area (Å²) in [6.45, 7) is 6.58. The maximum atomic E-state index is 12.8. The largest absolute Gasteiger partial charge is 0.568 e. The molecule has 0 saturated carbocycles. The number of azo groups is 2. The number of sulfonamides is 1. The van der Waals surface area contributed by atoms with Crippen molar-refractivity contribution in [2.75, 3.05) is 36.0 Å². The monoisotopic (exact) mass is 911 g/mol. The molecule has 0 radical (unpaired) electrons. The van der Waals surface area contributed by atoms with Crippen LogP contribution in [0.4, 0.5) is 53.4 Å². The number of carboxylic acid groups (broad SMARTS) is 2. The van der Waals surface area contributed by atoms with Gasteiger partial charge in [0.15, 0.2) is 32.9 Å². The molecule has 0 fully saturated rings. The van der Waals surface area contributed by atoms with Crippen LogP contribution in [0.15, 0.2) is 62.9 Å². The van der Waals surface area contributed by atoms with E-state index < -0.39 is 33.2 Å². The van der Waals surface area contributed by atoms with Gasteiger partial charge in [0, 0.05) is 58.0 Å². The second kappa shape index (κ2) is 18.8. The van der Waals surface area contributed by atoms with Gasteiger partial charge >= 0.3 is 17.4 Å². The fraction of sp³-hybridized carbons (Fsp3) is 0.314. The first-order valence-corrected chi connectivity index (χ1v) is 18.6. The number of hydrogen-bond acceptors (Lipinski definition) is 14. The van der Waals surface area contributed by atoms with Crippen molar-refractivity contribution in [2.24, 2.45) is 20.5 Å². The molecule has 0 spiro atoms. The number of hydrogen-bond donors (Lipinski definition) is 3. The van der Waals surface area contributed by atoms with Crippen molar-refractivity contribution in [1.29, 1.82) is 10.5 Å². The predicted molar refractivity (Wildman–Crippen MR) is 198 cm³/mol. The number of carbonyl (C=O) groups is 2. The second-order valence-corrected chi connectivity index (χ2v) is 13.8. The molecule has 4 aromatic rings. The number of nitrogens with zero attached hydrogens (tertiary/aromatic N) is 11. The SMILES string of the molecule is CCN(CC)c1ccc(N=Nc2cccc(C(=O)O)n2)c([N-]S(=O)(=O)C(F)(F)F)c1.N#Cc1nc(N=Nc2cc3c4c(c2C(=O)O)CCCN4CCC3)[nH]c1C#N.[Pd]. The Labute approximate surface area is 342 Å². The van der Waals surface area contributed by atoms with Crippen molar-refractivity contribution in [3.63, 3.8) is 0 Å². The van der Waals surface area contributed by atoms with E-state index in [-0.39, 0.29) is 66.2 Å². The van der Waals surface area contributed by atoms with Crippen LogP contribution >= 0.6 is 0 Å². The number of H-pyrrole nitrogens is 1. The fourth-order valence-electron chi connectivity index (χ4n) is 6.17. The Bertz CT molecular complexity index is 2430. The molecule has 3 N–H and O–H groups in total. The number of aromatic amines is 1. The Balaban J connectivity index is 0.000000253. The Kier molecular flexibility index (Phi) is 14.4. The number of imidazole rings is 1. The molecule has 58 heavy (non-hydrogen) atoms. The van der Waals surface area contributed by atoms with Gasteiger partial charge in [0.05, 0.1) is 11.3 Å². The molecule has 0 saturated heterocycles. The fourth-order valence-corrected chi connectivity index (χ4v) is 6.68. The van der Waals surface area contributed by atoms with Crippen molar-refractivity contribution in [3.05, 3.63) is 81.0 Å². The van der Waals surface area contributed by atoms with Crippen LogP contribution in [0.25, 0.3) is 4.72 Å². The standard InChI is InChI=1S/C18H15N7O2.C17H18F3N5O4S.Pd/c19-8-13-14(9-20)22-18(21-13)24-23-12-7-10-3-1-5-25-6-2-4-11(16(10)25)15(12)17(26)27;1-3-25(4-2)11-8-9-12(14(10-11)24-30(28,29)17(18,19)20)22-23-15-7-5-6-13(21-15)16(26)27;/h7H,1-6H2,(H,21,22)(H,26,27);5-10H,3-4H2,1-2H3,(H2,21,23,24,26,27);/p-1. The molecule has 0 atom stereocenters. The number of anilines is 2. The quantitative estimate of drug-likeness (QED) is 0.0959. The number of aryl methyl sites for hydroxylation is 1. The number of nitriles is 2. The first-order valence-electron chi connectivity index (χ1n) is 17.1. The molecule has 23 heteroatoms. The number of carboxylic acids is 2.